The van der Waals surface area contributed by atoms with Gasteiger partial charge in [-0.25, -0.2) is 0 Å². The van der Waals surface area contributed by atoms with Gasteiger partial charge in [0.1, 0.15) is 0 Å². The van der Waals surface area contributed by atoms with Gasteiger partial charge in [-0.1, -0.05) is 28.1 Å². The average Bonchev–Trinajstić information content (AvgIpc) is 2.36. The minimum atomic E-state index is 0. The van der Waals surface area contributed by atoms with Crippen molar-refractivity contribution in [3.8, 4) is 0 Å². The molecule has 1 aromatic rings. The highest BCUT2D eigenvalue weighted by Gasteiger charge is 2.21. The van der Waals surface area contributed by atoms with Gasteiger partial charge in [0, 0.05) is 30.7 Å². The van der Waals surface area contributed by atoms with Gasteiger partial charge in [-0.05, 0) is 24.1 Å². The number of aryl methyl sites for hydroxylation is 1. The maximum atomic E-state index is 9.61. The first kappa shape index (κ1) is 15.9. The van der Waals surface area contributed by atoms with Gasteiger partial charge >= 0.3 is 0 Å². The van der Waals surface area contributed by atoms with Crippen molar-refractivity contribution in [2.75, 3.05) is 32.8 Å². The predicted octanol–water partition coefficient (Wildman–Crippen LogP) is 2.12. The molecule has 1 fully saturated rings. The molecule has 0 bridgehead atoms. The fraction of sp³-hybridized carbons (Fsp3) is 0.538. The Balaban J connectivity index is 0.00000162. The summed E-state index contributed by atoms with van der Waals surface area (Å²) in [6.45, 7) is 6.25. The average molecular weight is 336 g/mol. The molecule has 1 aliphatic rings. The third kappa shape index (κ3) is 3.68. The second-order valence-electron chi connectivity index (χ2n) is 4.49. The highest BCUT2D eigenvalue weighted by molar-refractivity contribution is 9.10. The lowest BCUT2D eigenvalue weighted by atomic mass is 10.0. The number of aliphatic hydroxyl groups excluding tert-OH is 1. The summed E-state index contributed by atoms with van der Waals surface area (Å²) >= 11 is 3.56. The minimum absolute atomic E-state index is 0. The second-order valence-corrected chi connectivity index (χ2v) is 5.35. The van der Waals surface area contributed by atoms with Crippen LogP contribution in [-0.4, -0.2) is 42.8 Å². The second kappa shape index (κ2) is 7.46. The van der Waals surface area contributed by atoms with Crippen LogP contribution in [0.15, 0.2) is 22.7 Å². The summed E-state index contributed by atoms with van der Waals surface area (Å²) < 4.78 is 1.11. The zero-order valence-electron chi connectivity index (χ0n) is 10.5. The Hall–Kier alpha value is -0.130. The fourth-order valence-corrected chi connectivity index (χ4v) is 2.64. The summed E-state index contributed by atoms with van der Waals surface area (Å²) in [4.78, 5) is 2.34. The molecule has 1 aliphatic heterocycles. The van der Waals surface area contributed by atoms with Crippen molar-refractivity contribution >= 4 is 28.3 Å². The van der Waals surface area contributed by atoms with E-state index in [-0.39, 0.29) is 25.1 Å². The molecule has 2 rings (SSSR count). The van der Waals surface area contributed by atoms with Crippen LogP contribution < -0.4 is 5.32 Å². The molecule has 0 amide bonds. The largest absolute Gasteiger partial charge is 0.394 e. The van der Waals surface area contributed by atoms with Gasteiger partial charge in [-0.15, -0.1) is 12.4 Å². The number of hydrogen-bond acceptors (Lipinski definition) is 3. The Labute approximate surface area is 123 Å². The summed E-state index contributed by atoms with van der Waals surface area (Å²) in [6, 6.07) is 6.46. The molecule has 102 valence electrons. The first-order chi connectivity index (χ1) is 8.22. The lowest BCUT2D eigenvalue weighted by Gasteiger charge is -2.34. The molecule has 1 atom stereocenters. The van der Waals surface area contributed by atoms with Crippen LogP contribution >= 0.6 is 28.3 Å². The Morgan fingerprint density at radius 2 is 2.06 bits per heavy atom. The predicted molar refractivity (Wildman–Crippen MR) is 80.4 cm³/mol. The van der Waals surface area contributed by atoms with Crippen LogP contribution in [0.25, 0.3) is 0 Å². The van der Waals surface area contributed by atoms with E-state index in [4.69, 9.17) is 0 Å². The van der Waals surface area contributed by atoms with Crippen LogP contribution in [0.2, 0.25) is 0 Å². The molecule has 1 saturated heterocycles. The third-order valence-electron chi connectivity index (χ3n) is 3.35. The molecule has 0 aromatic heterocycles. The van der Waals surface area contributed by atoms with Gasteiger partial charge in [0.05, 0.1) is 12.6 Å². The number of hydrogen-bond donors (Lipinski definition) is 2. The van der Waals surface area contributed by atoms with E-state index < -0.39 is 0 Å². The van der Waals surface area contributed by atoms with Crippen LogP contribution in [0.4, 0.5) is 0 Å². The lowest BCUT2D eigenvalue weighted by Crippen LogP contribution is -2.46. The summed E-state index contributed by atoms with van der Waals surface area (Å²) in [7, 11) is 0. The maximum Gasteiger partial charge on any atom is 0.0628 e. The molecule has 3 nitrogen and oxygen atoms in total. The van der Waals surface area contributed by atoms with Gasteiger partial charge in [-0.2, -0.15) is 0 Å². The Morgan fingerprint density at radius 1 is 1.39 bits per heavy atom. The number of rotatable bonds is 3. The molecule has 2 N–H and O–H groups in total. The van der Waals surface area contributed by atoms with Crippen LogP contribution in [-0.2, 0) is 0 Å². The normalized spacial score (nSPS) is 18.2. The molecule has 0 radical (unpaired) electrons. The molecule has 0 aliphatic carbocycles. The minimum Gasteiger partial charge on any atom is -0.394 e. The van der Waals surface area contributed by atoms with Crippen molar-refractivity contribution in [1.29, 1.82) is 0 Å². The number of halogens is 2. The molecule has 0 saturated carbocycles. The van der Waals surface area contributed by atoms with Crippen molar-refractivity contribution < 1.29 is 5.11 Å². The molecular formula is C13H20BrClN2O. The lowest BCUT2D eigenvalue weighted by molar-refractivity contribution is 0.111. The molecule has 0 spiro atoms. The summed E-state index contributed by atoms with van der Waals surface area (Å²) in [5.74, 6) is 0. The van der Waals surface area contributed by atoms with Gasteiger partial charge in [-0.3, -0.25) is 4.90 Å². The molecule has 5 heteroatoms. The van der Waals surface area contributed by atoms with Crippen LogP contribution in [0.5, 0.6) is 0 Å². The fourth-order valence-electron chi connectivity index (χ4n) is 2.24. The highest BCUT2D eigenvalue weighted by atomic mass is 79.9. The Bertz CT molecular complexity index is 383. The summed E-state index contributed by atoms with van der Waals surface area (Å²) in [5, 5.41) is 12.9. The van der Waals surface area contributed by atoms with E-state index in [0.29, 0.717) is 0 Å². The smallest absolute Gasteiger partial charge is 0.0628 e. The van der Waals surface area contributed by atoms with E-state index in [9.17, 15) is 5.11 Å². The number of piperazine rings is 1. The number of benzene rings is 1. The molecular weight excluding hydrogens is 316 g/mol. The Kier molecular flexibility index (Phi) is 6.60. The summed E-state index contributed by atoms with van der Waals surface area (Å²) in [6.07, 6.45) is 0. The molecule has 1 aromatic carbocycles. The molecule has 0 unspecified atom stereocenters. The van der Waals surface area contributed by atoms with Crippen LogP contribution in [0.1, 0.15) is 17.2 Å². The topological polar surface area (TPSA) is 35.5 Å². The van der Waals surface area contributed by atoms with Gasteiger partial charge in [0.25, 0.3) is 0 Å². The van der Waals surface area contributed by atoms with Gasteiger partial charge < -0.3 is 10.4 Å². The van der Waals surface area contributed by atoms with E-state index in [0.717, 1.165) is 30.7 Å². The maximum absolute atomic E-state index is 9.61. The number of nitrogens with zero attached hydrogens (tertiary/aromatic N) is 1. The Morgan fingerprint density at radius 3 is 2.61 bits per heavy atom. The first-order valence-electron chi connectivity index (χ1n) is 6.04. The number of aliphatic hydroxyl groups is 1. The SMILES string of the molecule is Cc1ccc([C@@H](CO)N2CCNCC2)cc1Br.Cl. The van der Waals surface area contributed by atoms with E-state index >= 15 is 0 Å². The monoisotopic (exact) mass is 334 g/mol. The van der Waals surface area contributed by atoms with Crippen molar-refractivity contribution in [2.45, 2.75) is 13.0 Å². The zero-order valence-corrected chi connectivity index (χ0v) is 12.9. The van der Waals surface area contributed by atoms with E-state index in [1.54, 1.807) is 0 Å². The van der Waals surface area contributed by atoms with Crippen molar-refractivity contribution in [2.24, 2.45) is 0 Å². The van der Waals surface area contributed by atoms with E-state index in [1.807, 2.05) is 0 Å². The molecule has 18 heavy (non-hydrogen) atoms. The highest BCUT2D eigenvalue weighted by Crippen LogP contribution is 2.25. The van der Waals surface area contributed by atoms with Crippen LogP contribution in [0.3, 0.4) is 0 Å². The summed E-state index contributed by atoms with van der Waals surface area (Å²) in [5.41, 5.74) is 2.41. The van der Waals surface area contributed by atoms with Crippen molar-refractivity contribution in [3.63, 3.8) is 0 Å². The van der Waals surface area contributed by atoms with Crippen molar-refractivity contribution in [3.05, 3.63) is 33.8 Å². The van der Waals surface area contributed by atoms with Gasteiger partial charge in [0.2, 0.25) is 0 Å². The standard InChI is InChI=1S/C13H19BrN2O.ClH/c1-10-2-3-11(8-12(10)14)13(9-17)16-6-4-15-5-7-16;/h2-3,8,13,15,17H,4-7,9H2,1H3;1H/t13-;/m1./s1. The van der Waals surface area contributed by atoms with Gasteiger partial charge in [0.15, 0.2) is 0 Å². The van der Waals surface area contributed by atoms with E-state index in [2.05, 4.69) is 51.3 Å². The molecule has 1 heterocycles. The quantitative estimate of drug-likeness (QED) is 0.888. The first-order valence-corrected chi connectivity index (χ1v) is 6.83. The van der Waals surface area contributed by atoms with E-state index in [1.165, 1.54) is 11.1 Å². The zero-order chi connectivity index (χ0) is 12.3. The number of nitrogens with one attached hydrogen (secondary N) is 1. The third-order valence-corrected chi connectivity index (χ3v) is 4.20. The van der Waals surface area contributed by atoms with Crippen LogP contribution in [0, 0.1) is 6.92 Å². The van der Waals surface area contributed by atoms with Crippen molar-refractivity contribution in [1.82, 2.24) is 10.2 Å².